The fourth-order valence-corrected chi connectivity index (χ4v) is 1.42. The van der Waals surface area contributed by atoms with E-state index >= 15 is 0 Å². The normalized spacial score (nSPS) is 9.70. The van der Waals surface area contributed by atoms with Crippen LogP contribution >= 0.6 is 0 Å². The van der Waals surface area contributed by atoms with Crippen LogP contribution in [0, 0.1) is 0 Å². The highest BCUT2D eigenvalue weighted by Gasteiger charge is 2.13. The monoisotopic (exact) mass is 280 g/mol. The van der Waals surface area contributed by atoms with Gasteiger partial charge in [-0.1, -0.05) is 18.2 Å². The van der Waals surface area contributed by atoms with Crippen LogP contribution in [-0.4, -0.2) is 31.1 Å². The van der Waals surface area contributed by atoms with Crippen LogP contribution in [0.3, 0.4) is 0 Å². The number of carbonyl (C=O) groups excluding carboxylic acids is 3. The summed E-state index contributed by atoms with van der Waals surface area (Å²) in [5, 5.41) is 0. The lowest BCUT2D eigenvalue weighted by Gasteiger charge is -2.09. The van der Waals surface area contributed by atoms with Gasteiger partial charge in [-0.3, -0.25) is 9.59 Å². The van der Waals surface area contributed by atoms with Gasteiger partial charge in [-0.15, -0.1) is 0 Å². The van der Waals surface area contributed by atoms with Gasteiger partial charge in [0.15, 0.2) is 0 Å². The highest BCUT2D eigenvalue weighted by atomic mass is 16.6. The van der Waals surface area contributed by atoms with E-state index in [9.17, 15) is 14.4 Å². The second-order valence-corrected chi connectivity index (χ2v) is 3.91. The van der Waals surface area contributed by atoms with Crippen molar-refractivity contribution in [3.8, 4) is 0 Å². The standard InChI is InChI=1S/C14H16O6/c1-10(15)18-7-8-19-14(17)13-6-4-3-5-12(13)9-20-11(2)16/h3-6H,7-9H2,1-2H3. The molecule has 0 saturated carbocycles. The van der Waals surface area contributed by atoms with E-state index in [2.05, 4.69) is 4.74 Å². The average Bonchev–Trinajstić information content (AvgIpc) is 2.41. The van der Waals surface area contributed by atoms with Gasteiger partial charge in [0.1, 0.15) is 19.8 Å². The minimum atomic E-state index is -0.556. The van der Waals surface area contributed by atoms with Gasteiger partial charge in [0.2, 0.25) is 0 Å². The summed E-state index contributed by atoms with van der Waals surface area (Å²) < 4.78 is 14.5. The average molecular weight is 280 g/mol. The molecule has 0 N–H and O–H groups in total. The van der Waals surface area contributed by atoms with Crippen LogP contribution in [0.5, 0.6) is 0 Å². The van der Waals surface area contributed by atoms with E-state index in [0.717, 1.165) is 0 Å². The number of esters is 3. The maximum Gasteiger partial charge on any atom is 0.338 e. The molecule has 0 spiro atoms. The number of benzene rings is 1. The third-order valence-corrected chi connectivity index (χ3v) is 2.29. The van der Waals surface area contributed by atoms with E-state index in [1.165, 1.54) is 13.8 Å². The Morgan fingerprint density at radius 3 is 2.15 bits per heavy atom. The molecule has 0 aliphatic heterocycles. The van der Waals surface area contributed by atoms with Crippen molar-refractivity contribution in [2.24, 2.45) is 0 Å². The first kappa shape index (κ1) is 15.7. The highest BCUT2D eigenvalue weighted by Crippen LogP contribution is 2.11. The SMILES string of the molecule is CC(=O)OCCOC(=O)c1ccccc1COC(C)=O. The summed E-state index contributed by atoms with van der Waals surface area (Å²) in [5.74, 6) is -1.42. The summed E-state index contributed by atoms with van der Waals surface area (Å²) in [5.41, 5.74) is 0.872. The number of ether oxygens (including phenoxy) is 3. The van der Waals surface area contributed by atoms with Gasteiger partial charge in [-0.2, -0.15) is 0 Å². The molecule has 6 heteroatoms. The first-order chi connectivity index (χ1) is 9.50. The topological polar surface area (TPSA) is 78.9 Å². The summed E-state index contributed by atoms with van der Waals surface area (Å²) >= 11 is 0. The predicted molar refractivity (Wildman–Crippen MR) is 68.8 cm³/mol. The second-order valence-electron chi connectivity index (χ2n) is 3.91. The van der Waals surface area contributed by atoms with E-state index in [1.807, 2.05) is 0 Å². The summed E-state index contributed by atoms with van der Waals surface area (Å²) in [7, 11) is 0. The zero-order chi connectivity index (χ0) is 15.0. The first-order valence-corrected chi connectivity index (χ1v) is 6.02. The molecule has 6 nitrogen and oxygen atoms in total. The van der Waals surface area contributed by atoms with Gasteiger partial charge in [0.05, 0.1) is 5.56 Å². The molecular formula is C14H16O6. The molecule has 1 aromatic rings. The van der Waals surface area contributed by atoms with Crippen molar-refractivity contribution in [1.82, 2.24) is 0 Å². The molecule has 1 rings (SSSR count). The van der Waals surface area contributed by atoms with Gasteiger partial charge in [-0.05, 0) is 6.07 Å². The summed E-state index contributed by atoms with van der Waals surface area (Å²) in [6.07, 6.45) is 0. The van der Waals surface area contributed by atoms with Crippen molar-refractivity contribution in [1.29, 1.82) is 0 Å². The van der Waals surface area contributed by atoms with Crippen LogP contribution < -0.4 is 0 Å². The Morgan fingerprint density at radius 2 is 1.50 bits per heavy atom. The van der Waals surface area contributed by atoms with Crippen LogP contribution in [-0.2, 0) is 30.4 Å². The minimum absolute atomic E-state index is 0.00452. The summed E-state index contributed by atoms with van der Waals surface area (Å²) in [6, 6.07) is 6.66. The maximum absolute atomic E-state index is 11.9. The molecular weight excluding hydrogens is 264 g/mol. The number of rotatable bonds is 6. The third kappa shape index (κ3) is 5.51. The van der Waals surface area contributed by atoms with Crippen molar-refractivity contribution >= 4 is 17.9 Å². The Hall–Kier alpha value is -2.37. The Balaban J connectivity index is 2.58. The molecule has 0 fully saturated rings. The Morgan fingerprint density at radius 1 is 0.900 bits per heavy atom. The largest absolute Gasteiger partial charge is 0.462 e. The van der Waals surface area contributed by atoms with Gasteiger partial charge in [0.25, 0.3) is 0 Å². The lowest BCUT2D eigenvalue weighted by molar-refractivity contribution is -0.142. The van der Waals surface area contributed by atoms with Gasteiger partial charge < -0.3 is 14.2 Å². The lowest BCUT2D eigenvalue weighted by atomic mass is 10.1. The third-order valence-electron chi connectivity index (χ3n) is 2.29. The van der Waals surface area contributed by atoms with Crippen LogP contribution in [0.25, 0.3) is 0 Å². The van der Waals surface area contributed by atoms with E-state index in [1.54, 1.807) is 24.3 Å². The molecule has 0 radical (unpaired) electrons. The highest BCUT2D eigenvalue weighted by molar-refractivity contribution is 5.91. The maximum atomic E-state index is 11.9. The Bertz CT molecular complexity index is 494. The van der Waals surface area contributed by atoms with E-state index in [0.29, 0.717) is 11.1 Å². The van der Waals surface area contributed by atoms with Gasteiger partial charge in [-0.25, -0.2) is 4.79 Å². The van der Waals surface area contributed by atoms with Crippen molar-refractivity contribution in [3.05, 3.63) is 35.4 Å². The fraction of sp³-hybridized carbons (Fsp3) is 0.357. The molecule has 0 saturated heterocycles. The van der Waals surface area contributed by atoms with Gasteiger partial charge in [0, 0.05) is 19.4 Å². The number of hydrogen-bond acceptors (Lipinski definition) is 6. The molecule has 0 aliphatic rings. The molecule has 20 heavy (non-hydrogen) atoms. The van der Waals surface area contributed by atoms with Crippen molar-refractivity contribution in [2.45, 2.75) is 20.5 Å². The number of carbonyl (C=O) groups is 3. The molecule has 0 bridgehead atoms. The fourth-order valence-electron chi connectivity index (χ4n) is 1.42. The van der Waals surface area contributed by atoms with Crippen molar-refractivity contribution < 1.29 is 28.6 Å². The molecule has 1 aromatic carbocycles. The van der Waals surface area contributed by atoms with Crippen LogP contribution in [0.15, 0.2) is 24.3 Å². The predicted octanol–water partition coefficient (Wildman–Crippen LogP) is 1.47. The smallest absolute Gasteiger partial charge is 0.338 e. The Kier molecular flexibility index (Phi) is 6.22. The van der Waals surface area contributed by atoms with E-state index in [-0.39, 0.29) is 19.8 Å². The zero-order valence-corrected chi connectivity index (χ0v) is 11.4. The summed E-state index contributed by atoms with van der Waals surface area (Å²) in [4.78, 5) is 33.2. The van der Waals surface area contributed by atoms with Crippen molar-refractivity contribution in [2.75, 3.05) is 13.2 Å². The summed E-state index contributed by atoms with van der Waals surface area (Å²) in [6.45, 7) is 2.55. The Labute approximate surface area is 116 Å². The molecule has 0 heterocycles. The molecule has 0 aliphatic carbocycles. The van der Waals surface area contributed by atoms with Crippen molar-refractivity contribution in [3.63, 3.8) is 0 Å². The van der Waals surface area contributed by atoms with E-state index < -0.39 is 17.9 Å². The number of hydrogen-bond donors (Lipinski definition) is 0. The minimum Gasteiger partial charge on any atom is -0.462 e. The molecule has 0 unspecified atom stereocenters. The molecule has 0 amide bonds. The van der Waals surface area contributed by atoms with E-state index in [4.69, 9.17) is 9.47 Å². The quantitative estimate of drug-likeness (QED) is 0.446. The molecule has 0 aromatic heterocycles. The molecule has 108 valence electrons. The van der Waals surface area contributed by atoms with Crippen LogP contribution in [0.1, 0.15) is 29.8 Å². The molecule has 0 atom stereocenters. The van der Waals surface area contributed by atoms with Crippen LogP contribution in [0.2, 0.25) is 0 Å². The zero-order valence-electron chi connectivity index (χ0n) is 11.4. The second kappa shape index (κ2) is 7.93. The lowest BCUT2D eigenvalue weighted by Crippen LogP contribution is -2.14. The first-order valence-electron chi connectivity index (χ1n) is 6.02. The van der Waals surface area contributed by atoms with Crippen LogP contribution in [0.4, 0.5) is 0 Å². The van der Waals surface area contributed by atoms with Gasteiger partial charge >= 0.3 is 17.9 Å².